The van der Waals surface area contributed by atoms with Crippen LogP contribution in [0.15, 0.2) is 0 Å². The van der Waals surface area contributed by atoms with Crippen molar-refractivity contribution in [3.8, 4) is 0 Å². The van der Waals surface area contributed by atoms with Gasteiger partial charge < -0.3 is 14.8 Å². The average Bonchev–Trinajstić information content (AvgIpc) is 1.98. The van der Waals surface area contributed by atoms with E-state index in [2.05, 4.69) is 19.2 Å². The zero-order valence-corrected chi connectivity index (χ0v) is 10.9. The molecule has 1 atom stereocenters. The van der Waals surface area contributed by atoms with Crippen molar-refractivity contribution >= 4 is 12.4 Å². The van der Waals surface area contributed by atoms with Crippen LogP contribution >= 0.6 is 0 Å². The lowest BCUT2D eigenvalue weighted by Crippen LogP contribution is -2.40. The second kappa shape index (κ2) is 6.51. The summed E-state index contributed by atoms with van der Waals surface area (Å²) in [6, 6.07) is -0.132. The van der Waals surface area contributed by atoms with Gasteiger partial charge in [-0.25, -0.2) is 4.79 Å². The lowest BCUT2D eigenvalue weighted by atomic mass is 10.0. The van der Waals surface area contributed by atoms with Gasteiger partial charge in [-0.15, -0.1) is 0 Å². The Kier molecular flexibility index (Phi) is 6.08. The van der Waals surface area contributed by atoms with Gasteiger partial charge >= 0.3 is 6.09 Å². The highest BCUT2D eigenvalue weighted by molar-refractivity contribution is 5.68. The van der Waals surface area contributed by atoms with Crippen LogP contribution < -0.4 is 5.32 Å². The number of rotatable bonds is 5. The molecular weight excluding hydrogens is 206 g/mol. The predicted octanol–water partition coefficient (Wildman–Crippen LogP) is 2.51. The van der Waals surface area contributed by atoms with Gasteiger partial charge in [-0.3, -0.25) is 0 Å². The Hall–Kier alpha value is -1.06. The largest absolute Gasteiger partial charge is 0.444 e. The van der Waals surface area contributed by atoms with Gasteiger partial charge in [0, 0.05) is 12.5 Å². The minimum absolute atomic E-state index is 0.132. The van der Waals surface area contributed by atoms with Gasteiger partial charge in [0.15, 0.2) is 0 Å². The number of nitrogens with one attached hydrogen (secondary N) is 1. The third-order valence-electron chi connectivity index (χ3n) is 1.86. The summed E-state index contributed by atoms with van der Waals surface area (Å²) in [5.74, 6) is 0.430. The zero-order chi connectivity index (χ0) is 12.8. The van der Waals surface area contributed by atoms with E-state index in [1.165, 1.54) is 0 Å². The van der Waals surface area contributed by atoms with Crippen LogP contribution in [0.2, 0.25) is 0 Å². The first-order valence-electron chi connectivity index (χ1n) is 5.67. The van der Waals surface area contributed by atoms with Crippen LogP contribution in [-0.4, -0.2) is 24.0 Å². The third kappa shape index (κ3) is 8.26. The van der Waals surface area contributed by atoms with Crippen molar-refractivity contribution in [2.24, 2.45) is 5.92 Å². The van der Waals surface area contributed by atoms with E-state index in [0.717, 1.165) is 12.7 Å². The molecule has 94 valence electrons. The molecule has 0 aromatic rings. The highest BCUT2D eigenvalue weighted by Gasteiger charge is 2.19. The molecule has 0 saturated carbocycles. The molecule has 4 heteroatoms. The molecule has 0 saturated heterocycles. The zero-order valence-electron chi connectivity index (χ0n) is 10.9. The standard InChI is InChI=1S/C12H23NO3/c1-9(2)8-10(6-7-14)13-11(15)16-12(3,4)5/h7,9-10H,6,8H2,1-5H3,(H,13,15)/t10-/m1/s1. The Morgan fingerprint density at radius 3 is 2.31 bits per heavy atom. The summed E-state index contributed by atoms with van der Waals surface area (Å²) in [5, 5.41) is 2.71. The summed E-state index contributed by atoms with van der Waals surface area (Å²) in [6.45, 7) is 9.53. The summed E-state index contributed by atoms with van der Waals surface area (Å²) in [6.07, 6.45) is 1.47. The van der Waals surface area contributed by atoms with Crippen molar-refractivity contribution in [2.75, 3.05) is 0 Å². The van der Waals surface area contributed by atoms with E-state index in [4.69, 9.17) is 4.74 Å². The summed E-state index contributed by atoms with van der Waals surface area (Å²) < 4.78 is 5.13. The van der Waals surface area contributed by atoms with Crippen LogP contribution in [0.5, 0.6) is 0 Å². The van der Waals surface area contributed by atoms with E-state index < -0.39 is 11.7 Å². The maximum Gasteiger partial charge on any atom is 0.407 e. The Morgan fingerprint density at radius 1 is 1.38 bits per heavy atom. The number of amides is 1. The van der Waals surface area contributed by atoms with Crippen molar-refractivity contribution in [1.82, 2.24) is 5.32 Å². The molecule has 0 aliphatic heterocycles. The Labute approximate surface area is 97.7 Å². The second-order valence-electron chi connectivity index (χ2n) is 5.38. The molecule has 0 aromatic carbocycles. The molecule has 0 spiro atoms. The van der Waals surface area contributed by atoms with Crippen LogP contribution in [0.3, 0.4) is 0 Å². The van der Waals surface area contributed by atoms with E-state index in [-0.39, 0.29) is 6.04 Å². The first-order chi connectivity index (χ1) is 7.24. The van der Waals surface area contributed by atoms with Crippen molar-refractivity contribution in [1.29, 1.82) is 0 Å². The van der Waals surface area contributed by atoms with Crippen molar-refractivity contribution in [3.05, 3.63) is 0 Å². The predicted molar refractivity (Wildman–Crippen MR) is 63.3 cm³/mol. The van der Waals surface area contributed by atoms with E-state index in [0.29, 0.717) is 12.3 Å². The fraction of sp³-hybridized carbons (Fsp3) is 0.833. The number of carbonyl (C=O) groups is 2. The maximum absolute atomic E-state index is 11.5. The van der Waals surface area contributed by atoms with Crippen LogP contribution in [0.25, 0.3) is 0 Å². The molecule has 0 aliphatic carbocycles. The highest BCUT2D eigenvalue weighted by atomic mass is 16.6. The number of aldehydes is 1. The summed E-state index contributed by atoms with van der Waals surface area (Å²) in [7, 11) is 0. The molecule has 0 fully saturated rings. The SMILES string of the molecule is CC(C)C[C@@H](CC=O)NC(=O)OC(C)(C)C. The van der Waals surface area contributed by atoms with Gasteiger partial charge in [-0.1, -0.05) is 13.8 Å². The molecule has 0 aromatic heterocycles. The van der Waals surface area contributed by atoms with Crippen molar-refractivity contribution < 1.29 is 14.3 Å². The number of ether oxygens (including phenoxy) is 1. The number of carbonyl (C=O) groups excluding carboxylic acids is 2. The molecule has 0 unspecified atom stereocenters. The second-order valence-corrected chi connectivity index (χ2v) is 5.38. The molecule has 4 nitrogen and oxygen atoms in total. The average molecular weight is 229 g/mol. The fourth-order valence-electron chi connectivity index (χ4n) is 1.37. The van der Waals surface area contributed by atoms with Crippen molar-refractivity contribution in [3.63, 3.8) is 0 Å². The van der Waals surface area contributed by atoms with E-state index >= 15 is 0 Å². The molecule has 0 heterocycles. The van der Waals surface area contributed by atoms with Gasteiger partial charge in [-0.2, -0.15) is 0 Å². The molecule has 0 bridgehead atoms. The van der Waals surface area contributed by atoms with Crippen molar-refractivity contribution in [2.45, 2.75) is 59.1 Å². The number of hydrogen-bond acceptors (Lipinski definition) is 3. The first-order valence-corrected chi connectivity index (χ1v) is 5.67. The summed E-state index contributed by atoms with van der Waals surface area (Å²) in [4.78, 5) is 21.9. The quantitative estimate of drug-likeness (QED) is 0.737. The maximum atomic E-state index is 11.5. The molecule has 0 radical (unpaired) electrons. The molecule has 16 heavy (non-hydrogen) atoms. The molecule has 0 aliphatic rings. The van der Waals surface area contributed by atoms with Gasteiger partial charge in [-0.05, 0) is 33.1 Å². The molecule has 1 amide bonds. The normalized spacial score (nSPS) is 13.4. The molecular formula is C12H23NO3. The highest BCUT2D eigenvalue weighted by Crippen LogP contribution is 2.10. The van der Waals surface area contributed by atoms with E-state index in [1.54, 1.807) is 0 Å². The van der Waals surface area contributed by atoms with Crippen LogP contribution in [0.1, 0.15) is 47.5 Å². The summed E-state index contributed by atoms with van der Waals surface area (Å²) in [5.41, 5.74) is -0.506. The van der Waals surface area contributed by atoms with Gasteiger partial charge in [0.25, 0.3) is 0 Å². The van der Waals surface area contributed by atoms with Crippen LogP contribution in [0, 0.1) is 5.92 Å². The topological polar surface area (TPSA) is 55.4 Å². The fourth-order valence-corrected chi connectivity index (χ4v) is 1.37. The summed E-state index contributed by atoms with van der Waals surface area (Å²) >= 11 is 0. The Balaban J connectivity index is 4.17. The molecule has 1 N–H and O–H groups in total. The monoisotopic (exact) mass is 229 g/mol. The Morgan fingerprint density at radius 2 is 1.94 bits per heavy atom. The lowest BCUT2D eigenvalue weighted by molar-refractivity contribution is -0.108. The smallest absolute Gasteiger partial charge is 0.407 e. The van der Waals surface area contributed by atoms with Crippen LogP contribution in [-0.2, 0) is 9.53 Å². The minimum atomic E-state index is -0.506. The van der Waals surface area contributed by atoms with Gasteiger partial charge in [0.05, 0.1) is 0 Å². The third-order valence-corrected chi connectivity index (χ3v) is 1.86. The van der Waals surface area contributed by atoms with Gasteiger partial charge in [0.1, 0.15) is 11.9 Å². The lowest BCUT2D eigenvalue weighted by Gasteiger charge is -2.23. The van der Waals surface area contributed by atoms with Gasteiger partial charge in [0.2, 0.25) is 0 Å². The first kappa shape index (κ1) is 14.9. The minimum Gasteiger partial charge on any atom is -0.444 e. The van der Waals surface area contributed by atoms with Crippen LogP contribution in [0.4, 0.5) is 4.79 Å². The Bertz CT molecular complexity index is 231. The van der Waals surface area contributed by atoms with E-state index in [9.17, 15) is 9.59 Å². The molecule has 0 rings (SSSR count). The number of alkyl carbamates (subject to hydrolysis) is 1. The number of hydrogen-bond donors (Lipinski definition) is 1. The van der Waals surface area contributed by atoms with E-state index in [1.807, 2.05) is 20.8 Å².